The fourth-order valence-electron chi connectivity index (χ4n) is 1.91. The molecule has 0 aromatic heterocycles. The van der Waals surface area contributed by atoms with Crippen molar-refractivity contribution >= 4 is 40.8 Å². The van der Waals surface area contributed by atoms with Gasteiger partial charge in [0.05, 0.1) is 17.7 Å². The summed E-state index contributed by atoms with van der Waals surface area (Å²) in [7, 11) is 1.40. The van der Waals surface area contributed by atoms with Gasteiger partial charge in [-0.1, -0.05) is 23.2 Å². The Morgan fingerprint density at radius 2 is 1.83 bits per heavy atom. The topological polar surface area (TPSA) is 84.9 Å². The summed E-state index contributed by atoms with van der Waals surface area (Å²) in [5.41, 5.74) is 0.682. The lowest BCUT2D eigenvalue weighted by atomic mass is 10.1. The van der Waals surface area contributed by atoms with Crippen LogP contribution in [-0.4, -0.2) is 30.7 Å². The Bertz CT molecular complexity index is 762. The van der Waals surface area contributed by atoms with Gasteiger partial charge in [0.2, 0.25) is 0 Å². The number of rotatable bonds is 6. The molecule has 0 bridgehead atoms. The molecule has 126 valence electrons. The van der Waals surface area contributed by atoms with Crippen LogP contribution in [0.4, 0.5) is 5.69 Å². The second kappa shape index (κ2) is 7.90. The van der Waals surface area contributed by atoms with E-state index >= 15 is 0 Å². The number of nitrogens with one attached hydrogen (secondary N) is 1. The molecule has 8 heteroatoms. The van der Waals surface area contributed by atoms with Crippen molar-refractivity contribution in [1.29, 1.82) is 0 Å². The van der Waals surface area contributed by atoms with Crippen LogP contribution < -0.4 is 14.8 Å². The van der Waals surface area contributed by atoms with Gasteiger partial charge in [-0.15, -0.1) is 0 Å². The van der Waals surface area contributed by atoms with E-state index in [-0.39, 0.29) is 16.3 Å². The number of halogens is 2. The van der Waals surface area contributed by atoms with Crippen molar-refractivity contribution in [3.63, 3.8) is 0 Å². The van der Waals surface area contributed by atoms with Crippen molar-refractivity contribution in [3.05, 3.63) is 52.0 Å². The van der Waals surface area contributed by atoms with Crippen LogP contribution in [0.3, 0.4) is 0 Å². The lowest BCUT2D eigenvalue weighted by molar-refractivity contribution is -0.139. The second-order valence-electron chi connectivity index (χ2n) is 4.63. The molecule has 2 aromatic carbocycles. The number of aliphatic carboxylic acids is 1. The minimum Gasteiger partial charge on any atom is -0.494 e. The Kier molecular flexibility index (Phi) is 5.89. The highest BCUT2D eigenvalue weighted by Crippen LogP contribution is 2.32. The maximum atomic E-state index is 12.4. The summed E-state index contributed by atoms with van der Waals surface area (Å²) < 4.78 is 10.1. The number of carbonyl (C=O) groups is 2. The molecule has 2 rings (SSSR count). The van der Waals surface area contributed by atoms with Gasteiger partial charge in [0.15, 0.2) is 6.61 Å². The first kappa shape index (κ1) is 17.9. The summed E-state index contributed by atoms with van der Waals surface area (Å²) in [4.78, 5) is 22.8. The normalized spacial score (nSPS) is 10.1. The van der Waals surface area contributed by atoms with Crippen LogP contribution in [0.1, 0.15) is 10.4 Å². The molecule has 0 saturated carbocycles. The average molecular weight is 370 g/mol. The van der Waals surface area contributed by atoms with Gasteiger partial charge in [0.1, 0.15) is 11.5 Å². The fraction of sp³-hybridized carbons (Fsp3) is 0.125. The van der Waals surface area contributed by atoms with E-state index in [9.17, 15) is 9.59 Å². The van der Waals surface area contributed by atoms with E-state index in [1.807, 2.05) is 0 Å². The zero-order chi connectivity index (χ0) is 17.7. The fourth-order valence-corrected chi connectivity index (χ4v) is 2.49. The molecular formula is C16H13Cl2NO5. The van der Waals surface area contributed by atoms with Crippen LogP contribution in [-0.2, 0) is 4.79 Å². The molecule has 0 atom stereocenters. The molecular weight excluding hydrogens is 357 g/mol. The summed E-state index contributed by atoms with van der Waals surface area (Å²) in [6.07, 6.45) is 0. The molecule has 1 amide bonds. The maximum Gasteiger partial charge on any atom is 0.341 e. The molecule has 6 nitrogen and oxygen atoms in total. The molecule has 2 N–H and O–H groups in total. The van der Waals surface area contributed by atoms with Crippen molar-refractivity contribution in [3.8, 4) is 11.5 Å². The molecule has 0 spiro atoms. The number of amides is 1. The van der Waals surface area contributed by atoms with Crippen LogP contribution in [0, 0.1) is 0 Å². The van der Waals surface area contributed by atoms with Crippen molar-refractivity contribution in [2.24, 2.45) is 0 Å². The Morgan fingerprint density at radius 3 is 2.42 bits per heavy atom. The highest BCUT2D eigenvalue weighted by Gasteiger charge is 2.17. The molecule has 0 radical (unpaired) electrons. The van der Waals surface area contributed by atoms with Crippen molar-refractivity contribution < 1.29 is 24.2 Å². The van der Waals surface area contributed by atoms with Crippen LogP contribution >= 0.6 is 23.2 Å². The van der Waals surface area contributed by atoms with Gasteiger partial charge in [-0.05, 0) is 36.4 Å². The van der Waals surface area contributed by atoms with Gasteiger partial charge in [-0.3, -0.25) is 4.79 Å². The predicted molar refractivity (Wildman–Crippen MR) is 90.5 cm³/mol. The third kappa shape index (κ3) is 4.53. The third-order valence-corrected chi connectivity index (χ3v) is 3.43. The number of methoxy groups -OCH3 is 1. The zero-order valence-corrected chi connectivity index (χ0v) is 14.0. The molecule has 0 saturated heterocycles. The van der Waals surface area contributed by atoms with Gasteiger partial charge in [0, 0.05) is 10.7 Å². The molecule has 24 heavy (non-hydrogen) atoms. The average Bonchev–Trinajstić information content (AvgIpc) is 2.53. The van der Waals surface area contributed by atoms with E-state index < -0.39 is 18.5 Å². The smallest absolute Gasteiger partial charge is 0.341 e. The van der Waals surface area contributed by atoms with Gasteiger partial charge in [-0.25, -0.2) is 4.79 Å². The van der Waals surface area contributed by atoms with Crippen molar-refractivity contribution in [1.82, 2.24) is 0 Å². The third-order valence-electron chi connectivity index (χ3n) is 2.93. The first-order valence-corrected chi connectivity index (χ1v) is 7.45. The number of ether oxygens (including phenoxy) is 2. The van der Waals surface area contributed by atoms with E-state index in [2.05, 4.69) is 5.32 Å². The molecule has 0 heterocycles. The number of carboxylic acids is 1. The van der Waals surface area contributed by atoms with E-state index in [0.29, 0.717) is 16.5 Å². The SMILES string of the molecule is COc1c(Cl)cc(Cl)cc1C(=O)Nc1ccc(OCC(=O)O)cc1. The molecule has 0 aliphatic heterocycles. The van der Waals surface area contributed by atoms with Crippen LogP contribution in [0.2, 0.25) is 10.0 Å². The van der Waals surface area contributed by atoms with E-state index in [1.165, 1.54) is 19.2 Å². The number of hydrogen-bond donors (Lipinski definition) is 2. The van der Waals surface area contributed by atoms with Crippen molar-refractivity contribution in [2.75, 3.05) is 19.0 Å². The van der Waals surface area contributed by atoms with Crippen LogP contribution in [0.15, 0.2) is 36.4 Å². The van der Waals surface area contributed by atoms with Crippen molar-refractivity contribution in [2.45, 2.75) is 0 Å². The predicted octanol–water partition coefficient (Wildman–Crippen LogP) is 3.72. The zero-order valence-electron chi connectivity index (χ0n) is 12.5. The Morgan fingerprint density at radius 1 is 1.17 bits per heavy atom. The van der Waals surface area contributed by atoms with Crippen LogP contribution in [0.5, 0.6) is 11.5 Å². The van der Waals surface area contributed by atoms with Gasteiger partial charge in [-0.2, -0.15) is 0 Å². The standard InChI is InChI=1S/C16H13Cl2NO5/c1-23-15-12(6-9(17)7-13(15)18)16(22)19-10-2-4-11(5-3-10)24-8-14(20)21/h2-7H,8H2,1H3,(H,19,22)(H,20,21). The molecule has 0 aliphatic rings. The Balaban J connectivity index is 2.14. The Labute approximate surface area is 147 Å². The molecule has 0 fully saturated rings. The summed E-state index contributed by atoms with van der Waals surface area (Å²) in [5, 5.41) is 11.8. The second-order valence-corrected chi connectivity index (χ2v) is 5.47. The van der Waals surface area contributed by atoms with Gasteiger partial charge < -0.3 is 19.9 Å². The van der Waals surface area contributed by atoms with E-state index in [0.717, 1.165) is 0 Å². The molecule has 2 aromatic rings. The largest absolute Gasteiger partial charge is 0.494 e. The Hall–Kier alpha value is -2.44. The first-order valence-electron chi connectivity index (χ1n) is 6.69. The lowest BCUT2D eigenvalue weighted by Crippen LogP contribution is -2.13. The van der Waals surface area contributed by atoms with E-state index in [1.54, 1.807) is 24.3 Å². The summed E-state index contributed by atoms with van der Waals surface area (Å²) >= 11 is 11.9. The number of carboxylic acid groups (broad SMARTS) is 1. The monoisotopic (exact) mass is 369 g/mol. The number of carbonyl (C=O) groups excluding carboxylic acids is 1. The summed E-state index contributed by atoms with van der Waals surface area (Å²) in [6.45, 7) is -0.441. The quantitative estimate of drug-likeness (QED) is 0.810. The minimum atomic E-state index is -1.07. The minimum absolute atomic E-state index is 0.196. The number of anilines is 1. The highest BCUT2D eigenvalue weighted by molar-refractivity contribution is 6.36. The highest BCUT2D eigenvalue weighted by atomic mass is 35.5. The number of hydrogen-bond acceptors (Lipinski definition) is 4. The first-order chi connectivity index (χ1) is 11.4. The summed E-state index contributed by atoms with van der Waals surface area (Å²) in [5.74, 6) is -0.925. The number of benzene rings is 2. The van der Waals surface area contributed by atoms with E-state index in [4.69, 9.17) is 37.8 Å². The maximum absolute atomic E-state index is 12.4. The summed E-state index contributed by atoms with van der Waals surface area (Å²) in [6, 6.07) is 9.17. The molecule has 0 unspecified atom stereocenters. The van der Waals surface area contributed by atoms with Gasteiger partial charge >= 0.3 is 5.97 Å². The van der Waals surface area contributed by atoms with Gasteiger partial charge in [0.25, 0.3) is 5.91 Å². The van der Waals surface area contributed by atoms with Crippen LogP contribution in [0.25, 0.3) is 0 Å². The lowest BCUT2D eigenvalue weighted by Gasteiger charge is -2.12. The molecule has 0 aliphatic carbocycles.